The predicted molar refractivity (Wildman–Crippen MR) is 48.9 cm³/mol. The van der Waals surface area contributed by atoms with E-state index >= 15 is 0 Å². The number of unbranched alkanes of at least 4 members (excludes halogenated alkanes) is 2. The molecule has 0 heterocycles. The van der Waals surface area contributed by atoms with Gasteiger partial charge in [-0.15, -0.1) is 0 Å². The summed E-state index contributed by atoms with van der Waals surface area (Å²) in [5.41, 5.74) is 4.52. The van der Waals surface area contributed by atoms with Gasteiger partial charge in [0, 0.05) is 0 Å². The average Bonchev–Trinajstić information content (AvgIpc) is 1.84. The van der Waals surface area contributed by atoms with Crippen molar-refractivity contribution in [2.24, 2.45) is 5.73 Å². The van der Waals surface area contributed by atoms with Gasteiger partial charge in [-0.25, -0.2) is 4.79 Å². The lowest BCUT2D eigenvalue weighted by molar-refractivity contribution is 0.0373. The highest BCUT2D eigenvalue weighted by atomic mass is 16.6. The standard InChI is InChI=1S/C9H19NO2/c1-4-5-6-7-9(2,3)12-8(10)11/h4-7H2,1-3H3,(H2,10,11). The van der Waals surface area contributed by atoms with Crippen molar-refractivity contribution in [2.75, 3.05) is 0 Å². The van der Waals surface area contributed by atoms with Crippen molar-refractivity contribution in [2.45, 2.75) is 52.1 Å². The van der Waals surface area contributed by atoms with Crippen LogP contribution in [0.5, 0.6) is 0 Å². The van der Waals surface area contributed by atoms with Crippen LogP contribution in [0.15, 0.2) is 0 Å². The van der Waals surface area contributed by atoms with Crippen LogP contribution < -0.4 is 5.73 Å². The Kier molecular flexibility index (Phi) is 4.71. The minimum Gasteiger partial charge on any atom is -0.444 e. The monoisotopic (exact) mass is 173 g/mol. The normalized spacial score (nSPS) is 11.2. The van der Waals surface area contributed by atoms with Gasteiger partial charge in [0.1, 0.15) is 5.60 Å². The molecule has 0 aliphatic rings. The largest absolute Gasteiger partial charge is 0.444 e. The molecule has 3 nitrogen and oxygen atoms in total. The maximum Gasteiger partial charge on any atom is 0.405 e. The van der Waals surface area contributed by atoms with Crippen molar-refractivity contribution >= 4 is 6.09 Å². The van der Waals surface area contributed by atoms with Crippen LogP contribution in [0.4, 0.5) is 4.79 Å². The van der Waals surface area contributed by atoms with E-state index in [1.807, 2.05) is 13.8 Å². The molecular weight excluding hydrogens is 154 g/mol. The Morgan fingerprint density at radius 2 is 2.00 bits per heavy atom. The molecule has 0 aromatic rings. The van der Waals surface area contributed by atoms with Crippen molar-refractivity contribution in [3.05, 3.63) is 0 Å². The third-order valence-corrected chi connectivity index (χ3v) is 1.76. The molecule has 0 unspecified atom stereocenters. The number of hydrogen-bond donors (Lipinski definition) is 1. The smallest absolute Gasteiger partial charge is 0.405 e. The summed E-state index contributed by atoms with van der Waals surface area (Å²) < 4.78 is 4.92. The van der Waals surface area contributed by atoms with Crippen molar-refractivity contribution in [1.29, 1.82) is 0 Å². The van der Waals surface area contributed by atoms with Crippen LogP contribution in [-0.2, 0) is 4.74 Å². The first-order chi connectivity index (χ1) is 5.48. The summed E-state index contributed by atoms with van der Waals surface area (Å²) in [6.45, 7) is 5.91. The average molecular weight is 173 g/mol. The summed E-state index contributed by atoms with van der Waals surface area (Å²) >= 11 is 0. The maximum absolute atomic E-state index is 10.4. The van der Waals surface area contributed by atoms with Crippen LogP contribution in [0.2, 0.25) is 0 Å². The summed E-state index contributed by atoms with van der Waals surface area (Å²) in [4.78, 5) is 10.4. The fourth-order valence-corrected chi connectivity index (χ4v) is 1.12. The van der Waals surface area contributed by atoms with E-state index in [0.29, 0.717) is 0 Å². The number of rotatable bonds is 5. The first kappa shape index (κ1) is 11.3. The molecule has 3 heteroatoms. The van der Waals surface area contributed by atoms with Crippen molar-refractivity contribution in [1.82, 2.24) is 0 Å². The Labute approximate surface area is 74.3 Å². The minimum absolute atomic E-state index is 0.402. The number of hydrogen-bond acceptors (Lipinski definition) is 2. The Bertz CT molecular complexity index is 143. The Morgan fingerprint density at radius 1 is 1.42 bits per heavy atom. The number of nitrogens with two attached hydrogens (primary N) is 1. The minimum atomic E-state index is -0.684. The van der Waals surface area contributed by atoms with E-state index in [2.05, 4.69) is 6.92 Å². The van der Waals surface area contributed by atoms with E-state index < -0.39 is 11.7 Å². The van der Waals surface area contributed by atoms with Crippen molar-refractivity contribution in [3.8, 4) is 0 Å². The van der Waals surface area contributed by atoms with Crippen LogP contribution in [0, 0.1) is 0 Å². The Balaban J connectivity index is 3.63. The van der Waals surface area contributed by atoms with E-state index in [1.165, 1.54) is 12.8 Å². The third kappa shape index (κ3) is 6.01. The quantitative estimate of drug-likeness (QED) is 0.649. The van der Waals surface area contributed by atoms with Crippen LogP contribution in [-0.4, -0.2) is 11.7 Å². The van der Waals surface area contributed by atoms with Crippen LogP contribution in [0.25, 0.3) is 0 Å². The first-order valence-electron chi connectivity index (χ1n) is 4.46. The van der Waals surface area contributed by atoms with Crippen LogP contribution >= 0.6 is 0 Å². The topological polar surface area (TPSA) is 52.3 Å². The Morgan fingerprint density at radius 3 is 2.42 bits per heavy atom. The SMILES string of the molecule is CCCCCC(C)(C)OC(N)=O. The molecule has 0 radical (unpaired) electrons. The van der Waals surface area contributed by atoms with Gasteiger partial charge in [-0.2, -0.15) is 0 Å². The van der Waals surface area contributed by atoms with Gasteiger partial charge >= 0.3 is 6.09 Å². The zero-order valence-corrected chi connectivity index (χ0v) is 8.22. The third-order valence-electron chi connectivity index (χ3n) is 1.76. The lowest BCUT2D eigenvalue weighted by Gasteiger charge is -2.23. The van der Waals surface area contributed by atoms with E-state index in [0.717, 1.165) is 12.8 Å². The summed E-state index contributed by atoms with van der Waals surface area (Å²) in [5.74, 6) is 0. The van der Waals surface area contributed by atoms with E-state index in [-0.39, 0.29) is 0 Å². The van der Waals surface area contributed by atoms with Gasteiger partial charge < -0.3 is 10.5 Å². The van der Waals surface area contributed by atoms with Crippen LogP contribution in [0.3, 0.4) is 0 Å². The first-order valence-corrected chi connectivity index (χ1v) is 4.46. The highest BCUT2D eigenvalue weighted by Crippen LogP contribution is 2.18. The predicted octanol–water partition coefficient (Wildman–Crippen LogP) is 2.44. The molecular formula is C9H19NO2. The van der Waals surface area contributed by atoms with Gasteiger partial charge in [0.15, 0.2) is 0 Å². The van der Waals surface area contributed by atoms with E-state index in [1.54, 1.807) is 0 Å². The lowest BCUT2D eigenvalue weighted by atomic mass is 10.0. The molecule has 0 aromatic carbocycles. The van der Waals surface area contributed by atoms with Gasteiger partial charge in [-0.1, -0.05) is 19.8 Å². The van der Waals surface area contributed by atoms with Gasteiger partial charge in [0.25, 0.3) is 0 Å². The number of carbonyl (C=O) groups is 1. The zero-order chi connectivity index (χ0) is 9.61. The van der Waals surface area contributed by atoms with E-state index in [4.69, 9.17) is 10.5 Å². The molecule has 0 fully saturated rings. The van der Waals surface area contributed by atoms with Crippen LogP contribution in [0.1, 0.15) is 46.5 Å². The summed E-state index contributed by atoms with van der Waals surface area (Å²) in [6, 6.07) is 0. The molecule has 0 atom stereocenters. The number of primary amides is 1. The van der Waals surface area contributed by atoms with Gasteiger partial charge in [-0.3, -0.25) is 0 Å². The molecule has 0 saturated heterocycles. The molecule has 0 aliphatic carbocycles. The number of carbonyl (C=O) groups excluding carboxylic acids is 1. The number of ether oxygens (including phenoxy) is 1. The highest BCUT2D eigenvalue weighted by molar-refractivity contribution is 5.65. The molecule has 2 N–H and O–H groups in total. The van der Waals surface area contributed by atoms with Crippen molar-refractivity contribution in [3.63, 3.8) is 0 Å². The molecule has 0 aliphatic heterocycles. The van der Waals surface area contributed by atoms with Gasteiger partial charge in [0.2, 0.25) is 0 Å². The molecule has 0 bridgehead atoms. The second kappa shape index (κ2) is 5.01. The van der Waals surface area contributed by atoms with E-state index in [9.17, 15) is 4.79 Å². The summed E-state index contributed by atoms with van der Waals surface area (Å²) in [5, 5.41) is 0. The maximum atomic E-state index is 10.4. The van der Waals surface area contributed by atoms with Gasteiger partial charge in [0.05, 0.1) is 0 Å². The molecule has 0 rings (SSSR count). The molecule has 0 spiro atoms. The fourth-order valence-electron chi connectivity index (χ4n) is 1.12. The lowest BCUT2D eigenvalue weighted by Crippen LogP contribution is -2.30. The molecule has 1 amide bonds. The van der Waals surface area contributed by atoms with Gasteiger partial charge in [-0.05, 0) is 26.7 Å². The fraction of sp³-hybridized carbons (Fsp3) is 0.889. The summed E-state index contributed by atoms with van der Waals surface area (Å²) in [6.07, 6.45) is 3.62. The highest BCUT2D eigenvalue weighted by Gasteiger charge is 2.20. The van der Waals surface area contributed by atoms with Crippen molar-refractivity contribution < 1.29 is 9.53 Å². The summed E-state index contributed by atoms with van der Waals surface area (Å²) in [7, 11) is 0. The second-order valence-corrected chi connectivity index (χ2v) is 3.64. The zero-order valence-electron chi connectivity index (χ0n) is 8.22. The molecule has 0 aromatic heterocycles. The second-order valence-electron chi connectivity index (χ2n) is 3.64. The molecule has 72 valence electrons. The Hall–Kier alpha value is -0.730. The molecule has 12 heavy (non-hydrogen) atoms. The molecule has 0 saturated carbocycles. The number of amides is 1.